The van der Waals surface area contributed by atoms with E-state index in [-0.39, 0.29) is 36.0 Å². The Morgan fingerprint density at radius 2 is 2.11 bits per heavy atom. The lowest BCUT2D eigenvalue weighted by atomic mass is 10.1. The van der Waals surface area contributed by atoms with Gasteiger partial charge in [0, 0.05) is 31.2 Å². The summed E-state index contributed by atoms with van der Waals surface area (Å²) < 4.78 is 5.69. The van der Waals surface area contributed by atoms with Gasteiger partial charge in [-0.25, -0.2) is 9.79 Å². The van der Waals surface area contributed by atoms with Crippen LogP contribution < -0.4 is 21.1 Å². The fraction of sp³-hybridized carbons (Fsp3) is 0.474. The van der Waals surface area contributed by atoms with Gasteiger partial charge in [-0.3, -0.25) is 0 Å². The summed E-state index contributed by atoms with van der Waals surface area (Å²) in [6.45, 7) is 8.82. The number of hydrogen-bond acceptors (Lipinski definition) is 3. The summed E-state index contributed by atoms with van der Waals surface area (Å²) in [5, 5.41) is 6.73. The largest absolute Gasteiger partial charge is 0.489 e. The molecule has 2 amide bonds. The number of carbonyl (C=O) groups is 1. The smallest absolute Gasteiger partial charge is 0.314 e. The van der Waals surface area contributed by atoms with Gasteiger partial charge in [0.2, 0.25) is 0 Å². The molecule has 1 aliphatic heterocycles. The van der Waals surface area contributed by atoms with Crippen molar-refractivity contribution < 1.29 is 9.53 Å². The zero-order valence-corrected chi connectivity index (χ0v) is 18.1. The lowest BCUT2D eigenvalue weighted by molar-refractivity contribution is 0.188. The average molecular weight is 487 g/mol. The molecule has 7 nitrogen and oxygen atoms in total. The topological polar surface area (TPSA) is 92.0 Å². The highest BCUT2D eigenvalue weighted by atomic mass is 127. The number of piperidine rings is 1. The van der Waals surface area contributed by atoms with Crippen molar-refractivity contribution in [2.24, 2.45) is 10.7 Å². The van der Waals surface area contributed by atoms with Crippen molar-refractivity contribution in [2.75, 3.05) is 26.2 Å². The Hall–Kier alpha value is -1.97. The monoisotopic (exact) mass is 487 g/mol. The number of nitrogens with two attached hydrogens (primary N) is 1. The van der Waals surface area contributed by atoms with Crippen LogP contribution in [0.2, 0.25) is 0 Å². The molecular formula is C19H30IN5O2. The van der Waals surface area contributed by atoms with Gasteiger partial charge in [0.05, 0.1) is 6.54 Å². The number of urea groups is 1. The molecule has 0 radical (unpaired) electrons. The van der Waals surface area contributed by atoms with E-state index in [4.69, 9.17) is 10.5 Å². The molecule has 1 saturated heterocycles. The Labute approximate surface area is 178 Å². The molecule has 27 heavy (non-hydrogen) atoms. The van der Waals surface area contributed by atoms with Crippen molar-refractivity contribution >= 4 is 36.0 Å². The normalized spacial score (nSPS) is 14.9. The number of para-hydroxylation sites is 1. The maximum Gasteiger partial charge on any atom is 0.314 e. The molecule has 150 valence electrons. The number of primary amides is 1. The van der Waals surface area contributed by atoms with E-state index in [1.807, 2.05) is 31.2 Å². The number of likely N-dealkylation sites (tertiary alicyclic amines) is 1. The molecule has 0 saturated carbocycles. The Balaban J connectivity index is 0.00000364. The minimum absolute atomic E-state index is 0. The van der Waals surface area contributed by atoms with E-state index in [1.54, 1.807) is 11.0 Å². The number of amides is 2. The fourth-order valence-corrected chi connectivity index (χ4v) is 2.85. The SMILES string of the molecule is C=CCOc1ccccc1CN=C(NCC)NC1CCN(C(N)=O)CC1.I. The molecule has 4 N–H and O–H groups in total. The van der Waals surface area contributed by atoms with Crippen LogP contribution >= 0.6 is 24.0 Å². The number of nitrogens with one attached hydrogen (secondary N) is 2. The van der Waals surface area contributed by atoms with Crippen LogP contribution in [0.4, 0.5) is 4.79 Å². The second-order valence-corrected chi connectivity index (χ2v) is 6.15. The Bertz CT molecular complexity index is 630. The third-order valence-electron chi connectivity index (χ3n) is 4.23. The van der Waals surface area contributed by atoms with Crippen LogP contribution in [0.3, 0.4) is 0 Å². The quantitative estimate of drug-likeness (QED) is 0.239. The van der Waals surface area contributed by atoms with Crippen molar-refractivity contribution in [1.29, 1.82) is 0 Å². The summed E-state index contributed by atoms with van der Waals surface area (Å²) >= 11 is 0. The number of ether oxygens (including phenoxy) is 1. The highest BCUT2D eigenvalue weighted by molar-refractivity contribution is 14.0. The lowest BCUT2D eigenvalue weighted by Crippen LogP contribution is -2.50. The highest BCUT2D eigenvalue weighted by Gasteiger charge is 2.21. The van der Waals surface area contributed by atoms with Crippen LogP contribution in [0.15, 0.2) is 41.9 Å². The first-order valence-corrected chi connectivity index (χ1v) is 9.04. The van der Waals surface area contributed by atoms with Gasteiger partial charge >= 0.3 is 6.03 Å². The van der Waals surface area contributed by atoms with E-state index in [0.717, 1.165) is 36.7 Å². The van der Waals surface area contributed by atoms with Gasteiger partial charge in [0.15, 0.2) is 5.96 Å². The minimum Gasteiger partial charge on any atom is -0.489 e. The van der Waals surface area contributed by atoms with Gasteiger partial charge in [0.25, 0.3) is 0 Å². The molecule has 0 aliphatic carbocycles. The maximum atomic E-state index is 11.2. The number of aliphatic imine (C=N–C) groups is 1. The fourth-order valence-electron chi connectivity index (χ4n) is 2.85. The third kappa shape index (κ3) is 7.66. The highest BCUT2D eigenvalue weighted by Crippen LogP contribution is 2.19. The molecule has 1 aromatic rings. The number of guanidine groups is 1. The van der Waals surface area contributed by atoms with Crippen LogP contribution in [-0.4, -0.2) is 49.2 Å². The van der Waals surface area contributed by atoms with Gasteiger partial charge in [-0.15, -0.1) is 24.0 Å². The molecule has 0 unspecified atom stereocenters. The Kier molecular flexibility index (Phi) is 10.6. The standard InChI is InChI=1S/C19H29N5O2.HI/c1-3-13-26-17-8-6-5-7-15(17)14-22-19(21-4-2)23-16-9-11-24(12-10-16)18(20)25;/h3,5-8,16H,1,4,9-14H2,2H3,(H2,20,25)(H2,21,22,23);1H. The molecule has 1 aliphatic rings. The van der Waals surface area contributed by atoms with E-state index < -0.39 is 0 Å². The molecule has 1 fully saturated rings. The maximum absolute atomic E-state index is 11.2. The molecule has 2 rings (SSSR count). The van der Waals surface area contributed by atoms with Crippen molar-refractivity contribution in [1.82, 2.24) is 15.5 Å². The third-order valence-corrected chi connectivity index (χ3v) is 4.23. The van der Waals surface area contributed by atoms with E-state index in [0.29, 0.717) is 26.2 Å². The average Bonchev–Trinajstić information content (AvgIpc) is 2.65. The number of hydrogen-bond donors (Lipinski definition) is 3. The van der Waals surface area contributed by atoms with E-state index in [2.05, 4.69) is 22.2 Å². The number of benzene rings is 1. The Morgan fingerprint density at radius 1 is 1.41 bits per heavy atom. The first-order valence-electron chi connectivity index (χ1n) is 9.04. The lowest BCUT2D eigenvalue weighted by Gasteiger charge is -2.32. The first-order chi connectivity index (χ1) is 12.6. The summed E-state index contributed by atoms with van der Waals surface area (Å²) in [5.74, 6) is 1.59. The summed E-state index contributed by atoms with van der Waals surface area (Å²) in [5.41, 5.74) is 6.36. The molecule has 0 aromatic heterocycles. The second kappa shape index (κ2) is 12.4. The molecule has 8 heteroatoms. The van der Waals surface area contributed by atoms with Crippen LogP contribution in [0.25, 0.3) is 0 Å². The van der Waals surface area contributed by atoms with Crippen LogP contribution in [-0.2, 0) is 6.54 Å². The summed E-state index contributed by atoms with van der Waals surface area (Å²) in [7, 11) is 0. The van der Waals surface area contributed by atoms with Crippen LogP contribution in [0.1, 0.15) is 25.3 Å². The van der Waals surface area contributed by atoms with Crippen molar-refractivity contribution in [3.8, 4) is 5.75 Å². The minimum atomic E-state index is -0.347. The van der Waals surface area contributed by atoms with Crippen molar-refractivity contribution in [3.05, 3.63) is 42.5 Å². The van der Waals surface area contributed by atoms with Gasteiger partial charge < -0.3 is 26.0 Å². The number of carbonyl (C=O) groups excluding carboxylic acids is 1. The predicted octanol–water partition coefficient (Wildman–Crippen LogP) is 2.47. The molecular weight excluding hydrogens is 457 g/mol. The van der Waals surface area contributed by atoms with E-state index in [9.17, 15) is 4.79 Å². The number of nitrogens with zero attached hydrogens (tertiary/aromatic N) is 2. The summed E-state index contributed by atoms with van der Waals surface area (Å²) in [6, 6.07) is 7.80. The first kappa shape index (κ1) is 23.1. The predicted molar refractivity (Wildman–Crippen MR) is 120 cm³/mol. The van der Waals surface area contributed by atoms with Crippen molar-refractivity contribution in [2.45, 2.75) is 32.4 Å². The molecule has 0 bridgehead atoms. The molecule has 0 spiro atoms. The van der Waals surface area contributed by atoms with Gasteiger partial charge in [-0.2, -0.15) is 0 Å². The van der Waals surface area contributed by atoms with E-state index >= 15 is 0 Å². The molecule has 1 aromatic carbocycles. The zero-order chi connectivity index (χ0) is 18.8. The molecule has 0 atom stereocenters. The van der Waals surface area contributed by atoms with Gasteiger partial charge in [-0.05, 0) is 25.8 Å². The van der Waals surface area contributed by atoms with Crippen LogP contribution in [0.5, 0.6) is 5.75 Å². The van der Waals surface area contributed by atoms with E-state index in [1.165, 1.54) is 0 Å². The van der Waals surface area contributed by atoms with Crippen molar-refractivity contribution in [3.63, 3.8) is 0 Å². The summed E-state index contributed by atoms with van der Waals surface area (Å²) in [4.78, 5) is 17.6. The number of rotatable bonds is 7. The zero-order valence-electron chi connectivity index (χ0n) is 15.8. The van der Waals surface area contributed by atoms with Gasteiger partial charge in [0.1, 0.15) is 12.4 Å². The van der Waals surface area contributed by atoms with Crippen LogP contribution in [0, 0.1) is 0 Å². The summed E-state index contributed by atoms with van der Waals surface area (Å²) in [6.07, 6.45) is 3.43. The number of halogens is 1. The molecule has 1 heterocycles. The second-order valence-electron chi connectivity index (χ2n) is 6.15. The van der Waals surface area contributed by atoms with Gasteiger partial charge in [-0.1, -0.05) is 30.9 Å². The Morgan fingerprint density at radius 3 is 2.74 bits per heavy atom.